The van der Waals surface area contributed by atoms with Gasteiger partial charge in [0.05, 0.1) is 6.20 Å². The summed E-state index contributed by atoms with van der Waals surface area (Å²) in [6, 6.07) is 3.39. The normalized spacial score (nSPS) is 12.6. The molecule has 0 aliphatic carbocycles. The quantitative estimate of drug-likeness (QED) is 0.881. The zero-order chi connectivity index (χ0) is 14.5. The van der Waals surface area contributed by atoms with Crippen LogP contribution >= 0.6 is 0 Å². The van der Waals surface area contributed by atoms with Crippen molar-refractivity contribution in [3.8, 4) is 0 Å². The summed E-state index contributed by atoms with van der Waals surface area (Å²) in [6.07, 6.45) is 5.19. The molecule has 0 radical (unpaired) electrons. The average molecular weight is 279 g/mol. The van der Waals surface area contributed by atoms with Gasteiger partial charge in [0, 0.05) is 24.8 Å². The summed E-state index contributed by atoms with van der Waals surface area (Å²) in [4.78, 5) is 0. The third-order valence-electron chi connectivity index (χ3n) is 3.26. The molecular weight excluding hydrogens is 260 g/mol. The van der Waals surface area contributed by atoms with Crippen molar-refractivity contribution in [1.29, 1.82) is 0 Å². The van der Waals surface area contributed by atoms with Crippen LogP contribution in [0.25, 0.3) is 0 Å². The van der Waals surface area contributed by atoms with Crippen LogP contribution in [0.1, 0.15) is 30.5 Å². The topological polar surface area (TPSA) is 29.9 Å². The van der Waals surface area contributed by atoms with E-state index in [0.717, 1.165) is 18.1 Å². The van der Waals surface area contributed by atoms with Crippen molar-refractivity contribution >= 4 is 0 Å². The summed E-state index contributed by atoms with van der Waals surface area (Å²) in [5.74, 6) is -0.783. The van der Waals surface area contributed by atoms with Gasteiger partial charge in [-0.2, -0.15) is 5.10 Å². The number of aryl methyl sites for hydroxylation is 2. The Morgan fingerprint density at radius 2 is 2.15 bits per heavy atom. The van der Waals surface area contributed by atoms with Gasteiger partial charge in [-0.05, 0) is 43.1 Å². The minimum Gasteiger partial charge on any atom is -0.310 e. The zero-order valence-corrected chi connectivity index (χ0v) is 11.7. The first-order chi connectivity index (χ1) is 9.60. The molecule has 0 aliphatic heterocycles. The van der Waals surface area contributed by atoms with Gasteiger partial charge >= 0.3 is 0 Å². The molecule has 1 unspecified atom stereocenters. The molecule has 1 aromatic carbocycles. The number of aromatic nitrogens is 2. The van der Waals surface area contributed by atoms with E-state index in [2.05, 4.69) is 10.4 Å². The van der Waals surface area contributed by atoms with Crippen LogP contribution in [0.2, 0.25) is 0 Å². The molecule has 1 N–H and O–H groups in total. The van der Waals surface area contributed by atoms with E-state index in [1.165, 1.54) is 12.1 Å². The maximum atomic E-state index is 13.8. The van der Waals surface area contributed by atoms with Crippen molar-refractivity contribution < 1.29 is 8.78 Å². The molecule has 1 aromatic heterocycles. The second kappa shape index (κ2) is 6.61. The van der Waals surface area contributed by atoms with Gasteiger partial charge in [-0.3, -0.25) is 4.68 Å². The van der Waals surface area contributed by atoms with E-state index in [4.69, 9.17) is 0 Å². The molecule has 0 amide bonds. The monoisotopic (exact) mass is 279 g/mol. The molecule has 1 heterocycles. The molecule has 2 aromatic rings. The Hall–Kier alpha value is -1.75. The second-order valence-electron chi connectivity index (χ2n) is 4.84. The lowest BCUT2D eigenvalue weighted by Gasteiger charge is -2.18. The number of nitrogens with zero attached hydrogens (tertiary/aromatic N) is 2. The van der Waals surface area contributed by atoms with E-state index in [-0.39, 0.29) is 11.9 Å². The van der Waals surface area contributed by atoms with E-state index < -0.39 is 5.82 Å². The molecule has 1 atom stereocenters. The summed E-state index contributed by atoms with van der Waals surface area (Å²) < 4.78 is 28.9. The average Bonchev–Trinajstić information content (AvgIpc) is 2.83. The highest BCUT2D eigenvalue weighted by Gasteiger charge is 2.16. The van der Waals surface area contributed by atoms with Crippen molar-refractivity contribution in [2.24, 2.45) is 7.05 Å². The molecule has 5 heteroatoms. The number of hydrogen-bond donors (Lipinski definition) is 1. The zero-order valence-electron chi connectivity index (χ0n) is 11.7. The standard InChI is InChI=1S/C15H19F2N3/c1-3-18-15(7-4-11-9-19-20(2)10-11)13-8-12(16)5-6-14(13)17/h5-6,8-10,15,18H,3-4,7H2,1-2H3. The predicted molar refractivity (Wildman–Crippen MR) is 74.3 cm³/mol. The first kappa shape index (κ1) is 14.7. The highest BCUT2D eigenvalue weighted by atomic mass is 19.1. The van der Waals surface area contributed by atoms with Gasteiger partial charge in [-0.15, -0.1) is 0 Å². The van der Waals surface area contributed by atoms with E-state index in [1.807, 2.05) is 20.2 Å². The number of rotatable bonds is 6. The number of hydrogen-bond acceptors (Lipinski definition) is 2. The number of nitrogens with one attached hydrogen (secondary N) is 1. The van der Waals surface area contributed by atoms with Gasteiger partial charge in [0.2, 0.25) is 0 Å². The summed E-state index contributed by atoms with van der Waals surface area (Å²) >= 11 is 0. The van der Waals surface area contributed by atoms with Crippen LogP contribution in [-0.2, 0) is 13.5 Å². The Balaban J connectivity index is 2.11. The first-order valence-electron chi connectivity index (χ1n) is 6.76. The smallest absolute Gasteiger partial charge is 0.128 e. The van der Waals surface area contributed by atoms with E-state index >= 15 is 0 Å². The van der Waals surface area contributed by atoms with Crippen LogP contribution in [0.4, 0.5) is 8.78 Å². The van der Waals surface area contributed by atoms with Gasteiger partial charge in [-0.1, -0.05) is 6.92 Å². The Morgan fingerprint density at radius 1 is 1.35 bits per heavy atom. The highest BCUT2D eigenvalue weighted by Crippen LogP contribution is 2.23. The van der Waals surface area contributed by atoms with Crippen LogP contribution in [0.3, 0.4) is 0 Å². The summed E-state index contributed by atoms with van der Waals surface area (Å²) in [5, 5.41) is 7.32. The van der Waals surface area contributed by atoms with Crippen molar-refractivity contribution in [3.63, 3.8) is 0 Å². The summed E-state index contributed by atoms with van der Waals surface area (Å²) in [6.45, 7) is 2.65. The maximum absolute atomic E-state index is 13.8. The number of benzene rings is 1. The predicted octanol–water partition coefficient (Wildman–Crippen LogP) is 2.98. The number of halogens is 2. The Bertz CT molecular complexity index is 566. The molecule has 0 saturated heterocycles. The minimum absolute atomic E-state index is 0.198. The van der Waals surface area contributed by atoms with E-state index in [1.54, 1.807) is 10.9 Å². The lowest BCUT2D eigenvalue weighted by molar-refractivity contribution is 0.479. The molecule has 0 spiro atoms. The molecule has 3 nitrogen and oxygen atoms in total. The van der Waals surface area contributed by atoms with Crippen molar-refractivity contribution in [2.75, 3.05) is 6.54 Å². The fourth-order valence-corrected chi connectivity index (χ4v) is 2.31. The second-order valence-corrected chi connectivity index (χ2v) is 4.84. The minimum atomic E-state index is -0.411. The first-order valence-corrected chi connectivity index (χ1v) is 6.76. The molecule has 108 valence electrons. The van der Waals surface area contributed by atoms with Crippen LogP contribution in [0, 0.1) is 11.6 Å². The maximum Gasteiger partial charge on any atom is 0.128 e. The van der Waals surface area contributed by atoms with Crippen molar-refractivity contribution in [1.82, 2.24) is 15.1 Å². The van der Waals surface area contributed by atoms with Gasteiger partial charge < -0.3 is 5.32 Å². The Morgan fingerprint density at radius 3 is 2.80 bits per heavy atom. The van der Waals surface area contributed by atoms with Crippen molar-refractivity contribution in [2.45, 2.75) is 25.8 Å². The van der Waals surface area contributed by atoms with Gasteiger partial charge in [0.25, 0.3) is 0 Å². The fourth-order valence-electron chi connectivity index (χ4n) is 2.31. The van der Waals surface area contributed by atoms with Gasteiger partial charge in [0.15, 0.2) is 0 Å². The third kappa shape index (κ3) is 3.63. The molecule has 20 heavy (non-hydrogen) atoms. The van der Waals surface area contributed by atoms with Crippen LogP contribution in [0.15, 0.2) is 30.6 Å². The lowest BCUT2D eigenvalue weighted by atomic mass is 9.99. The van der Waals surface area contributed by atoms with Gasteiger partial charge in [-0.25, -0.2) is 8.78 Å². The highest BCUT2D eigenvalue weighted by molar-refractivity contribution is 5.23. The Labute approximate surface area is 117 Å². The summed E-state index contributed by atoms with van der Waals surface area (Å²) in [5.41, 5.74) is 1.47. The van der Waals surface area contributed by atoms with Crippen LogP contribution in [0.5, 0.6) is 0 Å². The summed E-state index contributed by atoms with van der Waals surface area (Å²) in [7, 11) is 1.86. The SMILES string of the molecule is CCNC(CCc1cnn(C)c1)c1cc(F)ccc1F. The largest absolute Gasteiger partial charge is 0.310 e. The van der Waals surface area contributed by atoms with Crippen LogP contribution < -0.4 is 5.32 Å². The molecular formula is C15H19F2N3. The lowest BCUT2D eigenvalue weighted by Crippen LogP contribution is -2.22. The van der Waals surface area contributed by atoms with E-state index in [0.29, 0.717) is 18.5 Å². The van der Waals surface area contributed by atoms with Crippen LogP contribution in [-0.4, -0.2) is 16.3 Å². The molecule has 0 bridgehead atoms. The Kier molecular flexibility index (Phi) is 4.84. The molecule has 0 fully saturated rings. The molecule has 2 rings (SSSR count). The van der Waals surface area contributed by atoms with Gasteiger partial charge in [0.1, 0.15) is 11.6 Å². The molecule has 0 aliphatic rings. The third-order valence-corrected chi connectivity index (χ3v) is 3.26. The molecule has 0 saturated carbocycles. The van der Waals surface area contributed by atoms with Crippen molar-refractivity contribution in [3.05, 3.63) is 53.4 Å². The fraction of sp³-hybridized carbons (Fsp3) is 0.400. The van der Waals surface area contributed by atoms with E-state index in [9.17, 15) is 8.78 Å².